The van der Waals surface area contributed by atoms with E-state index < -0.39 is 0 Å². The van der Waals surface area contributed by atoms with E-state index in [1.807, 2.05) is 30.0 Å². The number of nitrogens with zero attached hydrogens (tertiary/aromatic N) is 3. The highest BCUT2D eigenvalue weighted by molar-refractivity contribution is 7.80. The molecule has 1 N–H and O–H groups in total. The van der Waals surface area contributed by atoms with E-state index in [2.05, 4.69) is 48.6 Å². The van der Waals surface area contributed by atoms with Crippen LogP contribution in [0.25, 0.3) is 0 Å². The van der Waals surface area contributed by atoms with Gasteiger partial charge in [-0.2, -0.15) is 0 Å². The van der Waals surface area contributed by atoms with Gasteiger partial charge in [-0.05, 0) is 70.6 Å². The lowest BCUT2D eigenvalue weighted by Crippen LogP contribution is -2.35. The summed E-state index contributed by atoms with van der Waals surface area (Å²) in [6.45, 7) is 10.9. The Hall–Kier alpha value is -2.41. The van der Waals surface area contributed by atoms with E-state index in [1.165, 1.54) is 11.4 Å². The Labute approximate surface area is 171 Å². The second kappa shape index (κ2) is 8.31. The molecule has 2 atom stereocenters. The fraction of sp³-hybridized carbons (Fsp3) is 0.476. The van der Waals surface area contributed by atoms with E-state index in [-0.39, 0.29) is 24.6 Å². The second-order valence-electron chi connectivity index (χ2n) is 7.35. The summed E-state index contributed by atoms with van der Waals surface area (Å²) in [7, 11) is 0. The number of carbonyl (C=O) groups is 1. The molecule has 0 radical (unpaired) electrons. The van der Waals surface area contributed by atoms with Crippen molar-refractivity contribution in [2.45, 2.75) is 52.7 Å². The monoisotopic (exact) mass is 400 g/mol. The van der Waals surface area contributed by atoms with Gasteiger partial charge < -0.3 is 19.5 Å². The minimum absolute atomic E-state index is 0.110. The Balaban J connectivity index is 2.07. The van der Waals surface area contributed by atoms with Crippen molar-refractivity contribution in [3.05, 3.63) is 53.1 Å². The third kappa shape index (κ3) is 3.76. The van der Waals surface area contributed by atoms with Gasteiger partial charge in [-0.3, -0.25) is 9.78 Å². The molecule has 3 rings (SSSR count). The number of hydrogen-bond acceptors (Lipinski definition) is 4. The highest BCUT2D eigenvalue weighted by Crippen LogP contribution is 2.41. The zero-order chi connectivity index (χ0) is 20.4. The summed E-state index contributed by atoms with van der Waals surface area (Å²) in [5, 5.41) is 3.92. The first-order valence-electron chi connectivity index (χ1n) is 9.67. The number of pyridine rings is 1. The molecule has 2 aromatic heterocycles. The average Bonchev–Trinajstić information content (AvgIpc) is 3.12. The van der Waals surface area contributed by atoms with Crippen molar-refractivity contribution in [1.29, 1.82) is 0 Å². The van der Waals surface area contributed by atoms with Gasteiger partial charge in [0.1, 0.15) is 6.54 Å². The molecule has 7 heteroatoms. The largest absolute Gasteiger partial charge is 0.465 e. The summed E-state index contributed by atoms with van der Waals surface area (Å²) in [6, 6.07) is 8.13. The lowest BCUT2D eigenvalue weighted by atomic mass is 9.97. The van der Waals surface area contributed by atoms with Gasteiger partial charge in [-0.25, -0.2) is 0 Å². The van der Waals surface area contributed by atoms with Crippen LogP contribution in [0.5, 0.6) is 0 Å². The maximum Gasteiger partial charge on any atom is 0.325 e. The van der Waals surface area contributed by atoms with Crippen molar-refractivity contribution in [1.82, 2.24) is 19.8 Å². The Bertz CT molecular complexity index is 863. The zero-order valence-corrected chi connectivity index (χ0v) is 17.9. The van der Waals surface area contributed by atoms with Crippen molar-refractivity contribution < 1.29 is 9.53 Å². The van der Waals surface area contributed by atoms with Crippen molar-refractivity contribution in [3.8, 4) is 0 Å². The molecule has 28 heavy (non-hydrogen) atoms. The van der Waals surface area contributed by atoms with Crippen LogP contribution < -0.4 is 5.32 Å². The van der Waals surface area contributed by atoms with Crippen LogP contribution in [-0.4, -0.2) is 38.7 Å². The molecule has 1 saturated heterocycles. The molecular weight excluding hydrogens is 372 g/mol. The third-order valence-electron chi connectivity index (χ3n) is 5.16. The number of nitrogens with one attached hydrogen (secondary N) is 1. The standard InChI is InChI=1S/C21H28N4O2S/c1-6-27-18(26)12-24-20(16-11-14(4)25(13(2)3)15(16)5)19(23-21(24)28)17-9-7-8-10-22-17/h7-11,13,19-20H,6,12H2,1-5H3,(H,23,28)/t19-,20+/m1/s1. The van der Waals surface area contributed by atoms with Crippen molar-refractivity contribution in [2.24, 2.45) is 0 Å². The number of esters is 1. The Morgan fingerprint density at radius 3 is 2.68 bits per heavy atom. The zero-order valence-electron chi connectivity index (χ0n) is 17.1. The Morgan fingerprint density at radius 2 is 2.11 bits per heavy atom. The quantitative estimate of drug-likeness (QED) is 0.590. The summed E-state index contributed by atoms with van der Waals surface area (Å²) in [6.07, 6.45) is 1.78. The number of carbonyl (C=O) groups excluding carboxylic acids is 1. The lowest BCUT2D eigenvalue weighted by molar-refractivity contribution is -0.143. The molecule has 3 heterocycles. The molecule has 0 unspecified atom stereocenters. The fourth-order valence-corrected chi connectivity index (χ4v) is 4.46. The van der Waals surface area contributed by atoms with Gasteiger partial charge in [0, 0.05) is 23.6 Å². The molecule has 1 fully saturated rings. The molecular formula is C21H28N4O2S. The molecule has 150 valence electrons. The summed E-state index contributed by atoms with van der Waals surface area (Å²) >= 11 is 5.60. The van der Waals surface area contributed by atoms with Crippen LogP contribution in [-0.2, 0) is 9.53 Å². The Kier molecular flexibility index (Phi) is 6.03. The normalized spacial score (nSPS) is 19.2. The SMILES string of the molecule is CCOC(=O)CN1C(=S)N[C@H](c2ccccn2)[C@@H]1c1cc(C)n(C(C)C)c1C. The first-order chi connectivity index (χ1) is 13.3. The number of hydrogen-bond donors (Lipinski definition) is 1. The number of rotatable bonds is 6. The van der Waals surface area contributed by atoms with Crippen LogP contribution in [0.1, 0.15) is 61.5 Å². The van der Waals surface area contributed by atoms with E-state index >= 15 is 0 Å². The van der Waals surface area contributed by atoms with E-state index in [0.717, 1.165) is 11.3 Å². The minimum atomic E-state index is -0.281. The predicted octanol–water partition coefficient (Wildman–Crippen LogP) is 3.62. The maximum absolute atomic E-state index is 12.3. The molecule has 0 amide bonds. The second-order valence-corrected chi connectivity index (χ2v) is 7.74. The third-order valence-corrected chi connectivity index (χ3v) is 5.51. The smallest absolute Gasteiger partial charge is 0.325 e. The molecule has 0 bridgehead atoms. The Morgan fingerprint density at radius 1 is 1.36 bits per heavy atom. The van der Waals surface area contributed by atoms with Crippen LogP contribution in [0.4, 0.5) is 0 Å². The summed E-state index contributed by atoms with van der Waals surface area (Å²) in [4.78, 5) is 18.7. The molecule has 0 saturated carbocycles. The van der Waals surface area contributed by atoms with E-state index in [4.69, 9.17) is 17.0 Å². The van der Waals surface area contributed by atoms with Crippen LogP contribution >= 0.6 is 12.2 Å². The highest BCUT2D eigenvalue weighted by Gasteiger charge is 2.42. The van der Waals surface area contributed by atoms with Crippen molar-refractivity contribution in [2.75, 3.05) is 13.2 Å². The number of thiocarbonyl (C=S) groups is 1. The van der Waals surface area contributed by atoms with E-state index in [9.17, 15) is 4.79 Å². The molecule has 0 aromatic carbocycles. The van der Waals surface area contributed by atoms with Crippen LogP contribution in [0.3, 0.4) is 0 Å². The van der Waals surface area contributed by atoms with Gasteiger partial charge in [0.25, 0.3) is 0 Å². The van der Waals surface area contributed by atoms with Gasteiger partial charge in [-0.1, -0.05) is 6.07 Å². The number of aromatic nitrogens is 2. The first kappa shape index (κ1) is 20.3. The van der Waals surface area contributed by atoms with Crippen molar-refractivity contribution >= 4 is 23.3 Å². The average molecular weight is 401 g/mol. The summed E-state index contributed by atoms with van der Waals surface area (Å²) in [5.74, 6) is -0.281. The molecule has 6 nitrogen and oxygen atoms in total. The van der Waals surface area contributed by atoms with Gasteiger partial charge in [0.2, 0.25) is 0 Å². The highest BCUT2D eigenvalue weighted by atomic mass is 32.1. The maximum atomic E-state index is 12.3. The predicted molar refractivity (Wildman–Crippen MR) is 113 cm³/mol. The topological polar surface area (TPSA) is 59.4 Å². The van der Waals surface area contributed by atoms with Gasteiger partial charge in [-0.15, -0.1) is 0 Å². The lowest BCUT2D eigenvalue weighted by Gasteiger charge is -2.27. The first-order valence-corrected chi connectivity index (χ1v) is 10.1. The van der Waals surface area contributed by atoms with Gasteiger partial charge in [0.05, 0.1) is 24.4 Å². The molecule has 0 aliphatic carbocycles. The van der Waals surface area contributed by atoms with E-state index in [1.54, 1.807) is 6.20 Å². The molecule has 1 aliphatic rings. The van der Waals surface area contributed by atoms with Gasteiger partial charge in [0.15, 0.2) is 5.11 Å². The molecule has 1 aliphatic heterocycles. The van der Waals surface area contributed by atoms with Crippen molar-refractivity contribution in [3.63, 3.8) is 0 Å². The minimum Gasteiger partial charge on any atom is -0.465 e. The van der Waals surface area contributed by atoms with E-state index in [0.29, 0.717) is 17.8 Å². The molecule has 0 spiro atoms. The number of aryl methyl sites for hydroxylation is 1. The van der Waals surface area contributed by atoms with Crippen LogP contribution in [0, 0.1) is 13.8 Å². The molecule has 2 aromatic rings. The fourth-order valence-electron chi connectivity index (χ4n) is 4.16. The van der Waals surface area contributed by atoms with Gasteiger partial charge >= 0.3 is 5.97 Å². The summed E-state index contributed by atoms with van der Waals surface area (Å²) < 4.78 is 7.50. The van der Waals surface area contributed by atoms with Crippen LogP contribution in [0.2, 0.25) is 0 Å². The summed E-state index contributed by atoms with van der Waals surface area (Å²) in [5.41, 5.74) is 4.42. The van der Waals surface area contributed by atoms with Crippen LogP contribution in [0.15, 0.2) is 30.5 Å². The number of ether oxygens (including phenoxy) is 1.